The van der Waals surface area contributed by atoms with Crippen LogP contribution < -0.4 is 4.90 Å². The number of amides is 1. The molecule has 0 unspecified atom stereocenters. The molecule has 1 saturated carbocycles. The van der Waals surface area contributed by atoms with Gasteiger partial charge in [-0.25, -0.2) is 0 Å². The van der Waals surface area contributed by atoms with Crippen molar-refractivity contribution in [2.24, 2.45) is 0 Å². The van der Waals surface area contributed by atoms with Crippen LogP contribution in [0.25, 0.3) is 10.8 Å². The molecule has 0 saturated heterocycles. The molecule has 0 spiro atoms. The van der Waals surface area contributed by atoms with E-state index in [1.165, 1.54) is 41.2 Å². The molecule has 3 aromatic carbocycles. The van der Waals surface area contributed by atoms with Crippen molar-refractivity contribution in [3.8, 4) is 0 Å². The van der Waals surface area contributed by atoms with Gasteiger partial charge in [0.25, 0.3) is 0 Å². The van der Waals surface area contributed by atoms with Crippen molar-refractivity contribution in [3.63, 3.8) is 0 Å². The lowest BCUT2D eigenvalue weighted by molar-refractivity contribution is -0.116. The molecule has 6 heteroatoms. The summed E-state index contributed by atoms with van der Waals surface area (Å²) in [5, 5.41) is 12.7. The van der Waals surface area contributed by atoms with Crippen molar-refractivity contribution in [2.75, 3.05) is 17.2 Å². The predicted octanol–water partition coefficient (Wildman–Crippen LogP) is 6.21. The first kappa shape index (κ1) is 22.4. The molecule has 6 rings (SSSR count). The fourth-order valence-electron chi connectivity index (χ4n) is 5.65. The molecule has 178 valence electrons. The average molecular weight is 483 g/mol. The Hall–Kier alpha value is -3.12. The highest BCUT2D eigenvalue weighted by Gasteiger charge is 2.27. The summed E-state index contributed by atoms with van der Waals surface area (Å²) >= 11 is 1.54. The van der Waals surface area contributed by atoms with Crippen LogP contribution in [0.2, 0.25) is 0 Å². The van der Waals surface area contributed by atoms with Gasteiger partial charge in [0.05, 0.1) is 5.75 Å². The van der Waals surface area contributed by atoms with Gasteiger partial charge < -0.3 is 9.47 Å². The minimum absolute atomic E-state index is 0.147. The molecule has 35 heavy (non-hydrogen) atoms. The zero-order valence-electron chi connectivity index (χ0n) is 19.9. The summed E-state index contributed by atoms with van der Waals surface area (Å²) < 4.78 is 2.36. The van der Waals surface area contributed by atoms with E-state index in [1.807, 2.05) is 17.0 Å². The molecule has 0 bridgehead atoms. The number of benzene rings is 3. The summed E-state index contributed by atoms with van der Waals surface area (Å²) in [6.45, 7) is 0.764. The van der Waals surface area contributed by atoms with Crippen molar-refractivity contribution in [2.45, 2.75) is 56.1 Å². The number of hydrogen-bond donors (Lipinski definition) is 0. The SMILES string of the molecule is O=C(CSc1nnc(Cc2cccc3ccccc23)n1C1CCCCC1)N1CCc2ccccc21. The monoisotopic (exact) mass is 482 g/mol. The zero-order valence-corrected chi connectivity index (χ0v) is 20.7. The van der Waals surface area contributed by atoms with E-state index >= 15 is 0 Å². The van der Waals surface area contributed by atoms with Gasteiger partial charge in [0.1, 0.15) is 5.82 Å². The maximum absolute atomic E-state index is 13.2. The molecular weight excluding hydrogens is 452 g/mol. The molecular formula is C29H30N4OS. The number of hydrogen-bond acceptors (Lipinski definition) is 4. The van der Waals surface area contributed by atoms with Crippen LogP contribution in [0, 0.1) is 0 Å². The van der Waals surface area contributed by atoms with E-state index < -0.39 is 0 Å². The average Bonchev–Trinajstić information content (AvgIpc) is 3.52. The van der Waals surface area contributed by atoms with Gasteiger partial charge in [0.2, 0.25) is 5.91 Å². The number of rotatable bonds is 6. The summed E-state index contributed by atoms with van der Waals surface area (Å²) in [5.74, 6) is 1.54. The normalized spacial score (nSPS) is 16.1. The van der Waals surface area contributed by atoms with E-state index in [-0.39, 0.29) is 5.91 Å². The fourth-order valence-corrected chi connectivity index (χ4v) is 6.55. The summed E-state index contributed by atoms with van der Waals surface area (Å²) in [6.07, 6.45) is 7.77. The second-order valence-corrected chi connectivity index (χ2v) is 10.5. The van der Waals surface area contributed by atoms with E-state index in [2.05, 4.69) is 69.4 Å². The Morgan fingerprint density at radius 3 is 2.63 bits per heavy atom. The Kier molecular flexibility index (Phi) is 6.30. The zero-order chi connectivity index (χ0) is 23.6. The molecule has 1 fully saturated rings. The maximum Gasteiger partial charge on any atom is 0.237 e. The van der Waals surface area contributed by atoms with Crippen LogP contribution in [-0.4, -0.2) is 33.0 Å². The molecule has 0 N–H and O–H groups in total. The van der Waals surface area contributed by atoms with Crippen molar-refractivity contribution >= 4 is 34.1 Å². The van der Waals surface area contributed by atoms with Crippen LogP contribution in [0.5, 0.6) is 0 Å². The van der Waals surface area contributed by atoms with Crippen LogP contribution in [-0.2, 0) is 17.6 Å². The van der Waals surface area contributed by atoms with Gasteiger partial charge in [0.15, 0.2) is 5.16 Å². The molecule has 2 heterocycles. The highest BCUT2D eigenvalue weighted by Crippen LogP contribution is 2.34. The lowest BCUT2D eigenvalue weighted by atomic mass is 9.95. The van der Waals surface area contributed by atoms with Crippen molar-refractivity contribution < 1.29 is 4.79 Å². The number of anilines is 1. The number of carbonyl (C=O) groups is 1. The van der Waals surface area contributed by atoms with Crippen LogP contribution in [0.15, 0.2) is 71.9 Å². The molecule has 0 radical (unpaired) electrons. The number of nitrogens with zero attached hydrogens (tertiary/aromatic N) is 4. The van der Waals surface area contributed by atoms with E-state index in [1.54, 1.807) is 11.8 Å². The summed E-state index contributed by atoms with van der Waals surface area (Å²) in [4.78, 5) is 15.1. The third-order valence-corrected chi connectivity index (χ3v) is 8.34. The van der Waals surface area contributed by atoms with E-state index in [0.29, 0.717) is 11.8 Å². The third kappa shape index (κ3) is 4.47. The van der Waals surface area contributed by atoms with E-state index in [9.17, 15) is 4.79 Å². The Bertz CT molecular complexity index is 1350. The van der Waals surface area contributed by atoms with E-state index in [4.69, 9.17) is 0 Å². The lowest BCUT2D eigenvalue weighted by Crippen LogP contribution is -2.30. The molecule has 1 aromatic heterocycles. The highest BCUT2D eigenvalue weighted by molar-refractivity contribution is 7.99. The topological polar surface area (TPSA) is 51.0 Å². The molecule has 4 aromatic rings. The van der Waals surface area contributed by atoms with Gasteiger partial charge in [-0.1, -0.05) is 91.7 Å². The van der Waals surface area contributed by atoms with Gasteiger partial charge in [-0.15, -0.1) is 10.2 Å². The van der Waals surface area contributed by atoms with Crippen LogP contribution in [0.4, 0.5) is 5.69 Å². The smallest absolute Gasteiger partial charge is 0.237 e. The highest BCUT2D eigenvalue weighted by atomic mass is 32.2. The first-order chi connectivity index (χ1) is 17.3. The largest absolute Gasteiger partial charge is 0.311 e. The van der Waals surface area contributed by atoms with Crippen LogP contribution >= 0.6 is 11.8 Å². The van der Waals surface area contributed by atoms with Crippen molar-refractivity contribution in [1.82, 2.24) is 14.8 Å². The standard InChI is InChI=1S/C29H30N4OS/c34-28(32-18-17-22-10-5-7-16-26(22)32)20-35-29-31-30-27(33(29)24-13-2-1-3-14-24)19-23-12-8-11-21-9-4-6-15-25(21)23/h4-12,15-16,24H,1-3,13-14,17-20H2. The van der Waals surface area contributed by atoms with Crippen molar-refractivity contribution in [1.29, 1.82) is 0 Å². The third-order valence-electron chi connectivity index (χ3n) is 7.42. The maximum atomic E-state index is 13.2. The van der Waals surface area contributed by atoms with Crippen LogP contribution in [0.3, 0.4) is 0 Å². The Balaban J connectivity index is 1.26. The second-order valence-electron chi connectivity index (χ2n) is 9.59. The van der Waals surface area contributed by atoms with Gasteiger partial charge in [-0.2, -0.15) is 0 Å². The summed E-state index contributed by atoms with van der Waals surface area (Å²) in [5.41, 5.74) is 3.59. The Morgan fingerprint density at radius 2 is 1.71 bits per heavy atom. The summed E-state index contributed by atoms with van der Waals surface area (Å²) in [7, 11) is 0. The minimum atomic E-state index is 0.147. The first-order valence-electron chi connectivity index (χ1n) is 12.7. The van der Waals surface area contributed by atoms with Crippen LogP contribution in [0.1, 0.15) is 55.1 Å². The quantitative estimate of drug-likeness (QED) is 0.307. The van der Waals surface area contributed by atoms with Gasteiger partial charge in [-0.05, 0) is 47.2 Å². The fraction of sp³-hybridized carbons (Fsp3) is 0.345. The number of carbonyl (C=O) groups excluding carboxylic acids is 1. The molecule has 2 aliphatic rings. The van der Waals surface area contributed by atoms with Crippen molar-refractivity contribution in [3.05, 3.63) is 83.7 Å². The molecule has 1 amide bonds. The van der Waals surface area contributed by atoms with Gasteiger partial charge >= 0.3 is 0 Å². The first-order valence-corrected chi connectivity index (χ1v) is 13.7. The van der Waals surface area contributed by atoms with Gasteiger partial charge in [-0.3, -0.25) is 4.79 Å². The Morgan fingerprint density at radius 1 is 0.914 bits per heavy atom. The van der Waals surface area contributed by atoms with Gasteiger partial charge in [0, 0.05) is 24.7 Å². The summed E-state index contributed by atoms with van der Waals surface area (Å²) in [6, 6.07) is 23.7. The number of aromatic nitrogens is 3. The number of thioether (sulfide) groups is 1. The minimum Gasteiger partial charge on any atom is -0.311 e. The Labute approximate surface area is 210 Å². The molecule has 1 aliphatic heterocycles. The second kappa shape index (κ2) is 9.86. The molecule has 0 atom stereocenters. The number of fused-ring (bicyclic) bond motifs is 2. The van der Waals surface area contributed by atoms with E-state index in [0.717, 1.165) is 48.9 Å². The lowest BCUT2D eigenvalue weighted by Gasteiger charge is -2.26. The molecule has 1 aliphatic carbocycles. The number of para-hydroxylation sites is 1. The molecule has 5 nitrogen and oxygen atoms in total. The predicted molar refractivity (Wildman–Crippen MR) is 142 cm³/mol.